The van der Waals surface area contributed by atoms with Crippen LogP contribution in [0.5, 0.6) is 0 Å². The van der Waals surface area contributed by atoms with E-state index >= 15 is 0 Å². The lowest BCUT2D eigenvalue weighted by molar-refractivity contribution is 0.0945. The second kappa shape index (κ2) is 8.40. The Labute approximate surface area is 168 Å². The van der Waals surface area contributed by atoms with Crippen LogP contribution in [0.15, 0.2) is 53.5 Å². The molecule has 1 unspecified atom stereocenters. The van der Waals surface area contributed by atoms with Crippen molar-refractivity contribution in [1.29, 1.82) is 0 Å². The fourth-order valence-corrected chi connectivity index (χ4v) is 3.40. The molecule has 4 rings (SSSR count). The number of hydrogen-bond donors (Lipinski definition) is 1. The molecule has 0 aliphatic rings. The molecular weight excluding hydrogens is 368 g/mol. The Bertz CT molecular complexity index is 1100. The smallest absolute Gasteiger partial charge is 0.263 e. The van der Waals surface area contributed by atoms with Gasteiger partial charge >= 0.3 is 0 Å². The van der Waals surface area contributed by atoms with E-state index in [1.54, 1.807) is 4.68 Å². The van der Waals surface area contributed by atoms with E-state index in [0.29, 0.717) is 6.42 Å². The van der Waals surface area contributed by atoms with Crippen LogP contribution < -0.4 is 5.73 Å². The highest BCUT2D eigenvalue weighted by Crippen LogP contribution is 2.20. The highest BCUT2D eigenvalue weighted by Gasteiger charge is 2.12. The van der Waals surface area contributed by atoms with Crippen LogP contribution in [0.25, 0.3) is 16.6 Å². The minimum absolute atomic E-state index is 0.0522. The number of unbranched alkanes of at least 4 members (excludes halogenated alkanes) is 2. The number of nitrogens with zero attached hydrogens (tertiary/aromatic N) is 5. The van der Waals surface area contributed by atoms with Gasteiger partial charge in [-0.1, -0.05) is 12.8 Å². The molecule has 0 saturated heterocycles. The molecule has 3 aromatic heterocycles. The van der Waals surface area contributed by atoms with Crippen molar-refractivity contribution in [3.63, 3.8) is 0 Å². The van der Waals surface area contributed by atoms with Gasteiger partial charge in [0.15, 0.2) is 0 Å². The number of aromatic nitrogens is 5. The lowest BCUT2D eigenvalue weighted by Crippen LogP contribution is -2.11. The summed E-state index contributed by atoms with van der Waals surface area (Å²) in [5.74, 6) is 0.139. The Balaban J connectivity index is 1.27. The van der Waals surface area contributed by atoms with Crippen LogP contribution >= 0.6 is 0 Å². The van der Waals surface area contributed by atoms with Crippen molar-refractivity contribution in [2.45, 2.75) is 38.1 Å². The van der Waals surface area contributed by atoms with Gasteiger partial charge in [-0.25, -0.2) is 9.67 Å². The maximum absolute atomic E-state index is 11.8. The highest BCUT2D eigenvalue weighted by molar-refractivity contribution is 5.91. The molecule has 0 aliphatic heterocycles. The van der Waals surface area contributed by atoms with E-state index in [1.807, 2.05) is 42.3 Å². The van der Waals surface area contributed by atoms with Crippen molar-refractivity contribution in [3.05, 3.63) is 60.7 Å². The third-order valence-electron chi connectivity index (χ3n) is 4.95. The third-order valence-corrected chi connectivity index (χ3v) is 4.95. The molecule has 150 valence electrons. The zero-order chi connectivity index (χ0) is 20.2. The molecular formula is C21H24N6O2. The minimum Gasteiger partial charge on any atom is -0.442 e. The van der Waals surface area contributed by atoms with Gasteiger partial charge < -0.3 is 10.2 Å². The van der Waals surface area contributed by atoms with Crippen molar-refractivity contribution in [2.24, 2.45) is 12.8 Å². The van der Waals surface area contributed by atoms with E-state index in [2.05, 4.69) is 21.2 Å². The van der Waals surface area contributed by atoms with Crippen LogP contribution in [0.1, 0.15) is 54.5 Å². The molecule has 1 aromatic carbocycles. The number of hydrogen-bond acceptors (Lipinski definition) is 6. The standard InChI is InChI=1S/C21H24N6O2/c1-26-14-15-13-16(7-8-18(15)24-26)27-11-9-19(25-27)17(22)5-3-2-4-6-20(28)21-23-10-12-29-21/h7-14,17H,2-6,22H2,1H3. The molecule has 4 aromatic rings. The first-order valence-electron chi connectivity index (χ1n) is 9.78. The quantitative estimate of drug-likeness (QED) is 0.345. The first-order chi connectivity index (χ1) is 14.1. The fourth-order valence-electron chi connectivity index (χ4n) is 3.40. The zero-order valence-corrected chi connectivity index (χ0v) is 16.4. The summed E-state index contributed by atoms with van der Waals surface area (Å²) in [6.45, 7) is 0. The van der Waals surface area contributed by atoms with E-state index in [0.717, 1.165) is 48.0 Å². The number of oxazole rings is 1. The van der Waals surface area contributed by atoms with Gasteiger partial charge in [-0.2, -0.15) is 10.2 Å². The molecule has 0 bridgehead atoms. The number of benzene rings is 1. The average Bonchev–Trinajstić information content (AvgIpc) is 3.45. The third kappa shape index (κ3) is 4.43. The van der Waals surface area contributed by atoms with Crippen LogP contribution in [0.4, 0.5) is 0 Å². The molecule has 3 heterocycles. The largest absolute Gasteiger partial charge is 0.442 e. The summed E-state index contributed by atoms with van der Waals surface area (Å²) in [6.07, 6.45) is 10.8. The lowest BCUT2D eigenvalue weighted by Gasteiger charge is -2.08. The van der Waals surface area contributed by atoms with Gasteiger partial charge in [-0.15, -0.1) is 0 Å². The summed E-state index contributed by atoms with van der Waals surface area (Å²) >= 11 is 0. The number of rotatable bonds is 9. The number of ketones is 1. The van der Waals surface area contributed by atoms with Crippen molar-refractivity contribution >= 4 is 16.7 Å². The number of Topliss-reactive ketones (excluding diaryl/α,β-unsaturated/α-hetero) is 1. The molecule has 29 heavy (non-hydrogen) atoms. The van der Waals surface area contributed by atoms with Crippen LogP contribution in [0.2, 0.25) is 0 Å². The number of nitrogens with two attached hydrogens (primary N) is 1. The monoisotopic (exact) mass is 392 g/mol. The molecule has 8 nitrogen and oxygen atoms in total. The van der Waals surface area contributed by atoms with Crippen molar-refractivity contribution in [1.82, 2.24) is 24.5 Å². The van der Waals surface area contributed by atoms with Crippen molar-refractivity contribution < 1.29 is 9.21 Å². The van der Waals surface area contributed by atoms with Gasteiger partial charge in [0.05, 0.1) is 23.1 Å². The zero-order valence-electron chi connectivity index (χ0n) is 16.4. The van der Waals surface area contributed by atoms with Gasteiger partial charge in [0.2, 0.25) is 5.78 Å². The van der Waals surface area contributed by atoms with E-state index in [9.17, 15) is 4.79 Å². The molecule has 0 amide bonds. The first kappa shape index (κ1) is 19.1. The molecule has 0 saturated carbocycles. The fraction of sp³-hybridized carbons (Fsp3) is 0.333. The summed E-state index contributed by atoms with van der Waals surface area (Å²) in [5, 5.41) is 10.1. The van der Waals surface area contributed by atoms with Gasteiger partial charge in [0.1, 0.15) is 6.26 Å². The SMILES string of the molecule is Cn1cc2cc(-n3ccc(C(N)CCCCCC(=O)c4ncco4)n3)ccc2n1. The highest BCUT2D eigenvalue weighted by atomic mass is 16.3. The van der Waals surface area contributed by atoms with Crippen LogP contribution in [-0.4, -0.2) is 30.3 Å². The number of fused-ring (bicyclic) bond motifs is 1. The number of aryl methyl sites for hydroxylation is 1. The maximum atomic E-state index is 11.8. The van der Waals surface area contributed by atoms with Crippen LogP contribution in [-0.2, 0) is 7.05 Å². The van der Waals surface area contributed by atoms with Gasteiger partial charge in [0, 0.05) is 37.3 Å². The number of carbonyl (C=O) groups is 1. The van der Waals surface area contributed by atoms with E-state index in [-0.39, 0.29) is 17.7 Å². The first-order valence-corrected chi connectivity index (χ1v) is 9.78. The van der Waals surface area contributed by atoms with Crippen molar-refractivity contribution in [2.75, 3.05) is 0 Å². The Morgan fingerprint density at radius 2 is 2.10 bits per heavy atom. The summed E-state index contributed by atoms with van der Waals surface area (Å²) in [6, 6.07) is 7.90. The predicted molar refractivity (Wildman–Crippen MR) is 109 cm³/mol. The van der Waals surface area contributed by atoms with Crippen LogP contribution in [0, 0.1) is 0 Å². The summed E-state index contributed by atoms with van der Waals surface area (Å²) in [5.41, 5.74) is 9.13. The summed E-state index contributed by atoms with van der Waals surface area (Å²) in [7, 11) is 1.91. The normalized spacial score (nSPS) is 12.5. The second-order valence-corrected chi connectivity index (χ2v) is 7.20. The van der Waals surface area contributed by atoms with Crippen LogP contribution in [0.3, 0.4) is 0 Å². The van der Waals surface area contributed by atoms with Gasteiger partial charge in [-0.05, 0) is 37.1 Å². The molecule has 8 heteroatoms. The van der Waals surface area contributed by atoms with Gasteiger partial charge in [0.25, 0.3) is 5.89 Å². The Kier molecular flexibility index (Phi) is 5.53. The average molecular weight is 392 g/mol. The Morgan fingerprint density at radius 1 is 1.21 bits per heavy atom. The summed E-state index contributed by atoms with van der Waals surface area (Å²) in [4.78, 5) is 15.7. The van der Waals surface area contributed by atoms with E-state index < -0.39 is 0 Å². The number of carbonyl (C=O) groups excluding carboxylic acids is 1. The molecule has 2 N–H and O–H groups in total. The molecule has 0 radical (unpaired) electrons. The molecule has 0 aliphatic carbocycles. The maximum Gasteiger partial charge on any atom is 0.263 e. The molecule has 0 spiro atoms. The topological polar surface area (TPSA) is 105 Å². The Hall–Kier alpha value is -3.26. The molecule has 0 fully saturated rings. The van der Waals surface area contributed by atoms with Gasteiger partial charge in [-0.3, -0.25) is 9.48 Å². The van der Waals surface area contributed by atoms with E-state index in [1.165, 1.54) is 12.5 Å². The Morgan fingerprint density at radius 3 is 2.93 bits per heavy atom. The minimum atomic E-state index is -0.124. The lowest BCUT2D eigenvalue weighted by atomic mass is 10.0. The molecule has 1 atom stereocenters. The van der Waals surface area contributed by atoms with E-state index in [4.69, 9.17) is 10.2 Å². The van der Waals surface area contributed by atoms with Crippen molar-refractivity contribution in [3.8, 4) is 5.69 Å². The second-order valence-electron chi connectivity index (χ2n) is 7.20. The summed E-state index contributed by atoms with van der Waals surface area (Å²) < 4.78 is 8.66. The predicted octanol–water partition coefficient (Wildman–Crippen LogP) is 3.58.